The first kappa shape index (κ1) is 15.2. The molecule has 0 fully saturated rings. The fourth-order valence-electron chi connectivity index (χ4n) is 1.91. The number of carbonyl (C=O) groups excluding carboxylic acids is 1. The normalized spacial score (nSPS) is 13.1. The molecule has 1 aromatic heterocycles. The molecule has 0 bridgehead atoms. The van der Waals surface area contributed by atoms with Gasteiger partial charge in [0.15, 0.2) is 0 Å². The van der Waals surface area contributed by atoms with E-state index < -0.39 is 23.2 Å². The maximum absolute atomic E-state index is 11.9. The first-order chi connectivity index (χ1) is 8.73. The Morgan fingerprint density at radius 3 is 2.53 bits per heavy atom. The van der Waals surface area contributed by atoms with Gasteiger partial charge in [-0.1, -0.05) is 20.8 Å². The monoisotopic (exact) mass is 267 g/mol. The first-order valence-electron chi connectivity index (χ1n) is 6.20. The van der Waals surface area contributed by atoms with Crippen molar-refractivity contribution in [3.05, 3.63) is 18.2 Å². The van der Waals surface area contributed by atoms with Crippen LogP contribution in [-0.2, 0) is 23.1 Å². The maximum Gasteiger partial charge on any atom is 0.316 e. The number of nitrogens with zero attached hydrogens (tertiary/aromatic N) is 2. The topological polar surface area (TPSA) is 84.2 Å². The van der Waals surface area contributed by atoms with E-state index in [1.807, 2.05) is 17.8 Å². The molecule has 6 heteroatoms. The first-order valence-corrected chi connectivity index (χ1v) is 6.20. The Morgan fingerprint density at radius 1 is 1.47 bits per heavy atom. The Morgan fingerprint density at radius 2 is 2.11 bits per heavy atom. The second kappa shape index (κ2) is 5.86. The van der Waals surface area contributed by atoms with Gasteiger partial charge in [0.2, 0.25) is 5.91 Å². The summed E-state index contributed by atoms with van der Waals surface area (Å²) in [5.41, 5.74) is -0.612. The Labute approximate surface area is 112 Å². The summed E-state index contributed by atoms with van der Waals surface area (Å²) in [6, 6.07) is 0. The molecule has 1 unspecified atom stereocenters. The third-order valence-corrected chi connectivity index (χ3v) is 2.94. The van der Waals surface area contributed by atoms with Crippen molar-refractivity contribution in [2.24, 2.45) is 18.4 Å². The fraction of sp³-hybridized carbons (Fsp3) is 0.615. The van der Waals surface area contributed by atoms with E-state index in [0.717, 1.165) is 5.82 Å². The quantitative estimate of drug-likeness (QED) is 0.774. The Hall–Kier alpha value is -1.85. The molecule has 1 aromatic rings. The van der Waals surface area contributed by atoms with Crippen molar-refractivity contribution < 1.29 is 14.7 Å². The highest BCUT2D eigenvalue weighted by Gasteiger charge is 2.37. The molecule has 1 amide bonds. The molecule has 1 rings (SSSR count). The predicted molar refractivity (Wildman–Crippen MR) is 70.5 cm³/mol. The summed E-state index contributed by atoms with van der Waals surface area (Å²) in [6.45, 7) is 5.60. The Balaban J connectivity index is 2.55. The summed E-state index contributed by atoms with van der Waals surface area (Å²) in [4.78, 5) is 27.2. The molecule has 0 aliphatic carbocycles. The van der Waals surface area contributed by atoms with Crippen molar-refractivity contribution in [1.82, 2.24) is 14.9 Å². The van der Waals surface area contributed by atoms with E-state index in [0.29, 0.717) is 13.0 Å². The minimum atomic E-state index is -1.10. The van der Waals surface area contributed by atoms with Crippen LogP contribution >= 0.6 is 0 Å². The minimum absolute atomic E-state index is 0.379. The number of amides is 1. The molecule has 6 nitrogen and oxygen atoms in total. The standard InChI is InChI=1S/C13H21N3O3/c1-13(2,3)10(12(18)19)11(17)15-6-5-9-14-7-8-16(9)4/h7-8,10H,5-6H2,1-4H3,(H,15,17)(H,18,19). The number of carboxylic acid groups (broad SMARTS) is 1. The molecule has 0 radical (unpaired) electrons. The second-order valence-corrected chi connectivity index (χ2v) is 5.63. The number of hydrogen-bond acceptors (Lipinski definition) is 3. The van der Waals surface area contributed by atoms with Crippen LogP contribution in [0, 0.1) is 11.3 Å². The summed E-state index contributed by atoms with van der Waals surface area (Å²) in [6.07, 6.45) is 4.09. The molecule has 0 spiro atoms. The summed E-state index contributed by atoms with van der Waals surface area (Å²) < 4.78 is 1.87. The highest BCUT2D eigenvalue weighted by molar-refractivity contribution is 5.97. The second-order valence-electron chi connectivity index (χ2n) is 5.63. The van der Waals surface area contributed by atoms with Crippen molar-refractivity contribution in [3.63, 3.8) is 0 Å². The van der Waals surface area contributed by atoms with Crippen LogP contribution in [0.2, 0.25) is 0 Å². The molecular weight excluding hydrogens is 246 g/mol. The van der Waals surface area contributed by atoms with Gasteiger partial charge in [0.25, 0.3) is 0 Å². The van der Waals surface area contributed by atoms with Crippen LogP contribution in [0.4, 0.5) is 0 Å². The third-order valence-electron chi connectivity index (χ3n) is 2.94. The van der Waals surface area contributed by atoms with Crippen LogP contribution < -0.4 is 5.32 Å². The van der Waals surface area contributed by atoms with Crippen LogP contribution in [0.15, 0.2) is 12.4 Å². The number of nitrogens with one attached hydrogen (secondary N) is 1. The van der Waals surface area contributed by atoms with E-state index in [-0.39, 0.29) is 0 Å². The average Bonchev–Trinajstić information content (AvgIpc) is 2.61. The van der Waals surface area contributed by atoms with Crippen molar-refractivity contribution in [2.75, 3.05) is 6.54 Å². The van der Waals surface area contributed by atoms with Gasteiger partial charge in [-0.05, 0) is 5.41 Å². The number of aliphatic carboxylic acids is 1. The fourth-order valence-corrected chi connectivity index (χ4v) is 1.91. The molecule has 0 saturated carbocycles. The highest BCUT2D eigenvalue weighted by Crippen LogP contribution is 2.26. The lowest BCUT2D eigenvalue weighted by Crippen LogP contribution is -2.43. The van der Waals surface area contributed by atoms with Crippen LogP contribution in [-0.4, -0.2) is 33.1 Å². The molecule has 106 valence electrons. The molecule has 19 heavy (non-hydrogen) atoms. The SMILES string of the molecule is Cn1ccnc1CCNC(=O)C(C(=O)O)C(C)(C)C. The van der Waals surface area contributed by atoms with Crippen molar-refractivity contribution >= 4 is 11.9 Å². The van der Waals surface area contributed by atoms with Gasteiger partial charge >= 0.3 is 5.97 Å². The van der Waals surface area contributed by atoms with Crippen LogP contribution in [0.5, 0.6) is 0 Å². The van der Waals surface area contributed by atoms with Gasteiger partial charge in [0, 0.05) is 32.4 Å². The molecule has 1 heterocycles. The van der Waals surface area contributed by atoms with E-state index in [4.69, 9.17) is 5.11 Å². The summed E-state index contributed by atoms with van der Waals surface area (Å²) in [5, 5.41) is 11.8. The number of imidazole rings is 1. The lowest BCUT2D eigenvalue weighted by Gasteiger charge is -2.25. The van der Waals surface area contributed by atoms with Gasteiger partial charge in [0.1, 0.15) is 11.7 Å². The number of aryl methyl sites for hydroxylation is 1. The van der Waals surface area contributed by atoms with Gasteiger partial charge in [-0.2, -0.15) is 0 Å². The largest absolute Gasteiger partial charge is 0.481 e. The molecular formula is C13H21N3O3. The van der Waals surface area contributed by atoms with E-state index in [1.54, 1.807) is 27.0 Å². The summed E-state index contributed by atoms with van der Waals surface area (Å²) in [5.74, 6) is -1.74. The van der Waals surface area contributed by atoms with Gasteiger partial charge in [-0.3, -0.25) is 9.59 Å². The molecule has 0 aromatic carbocycles. The van der Waals surface area contributed by atoms with Crippen molar-refractivity contribution in [1.29, 1.82) is 0 Å². The van der Waals surface area contributed by atoms with Crippen LogP contribution in [0.3, 0.4) is 0 Å². The number of aromatic nitrogens is 2. The van der Waals surface area contributed by atoms with Gasteiger partial charge < -0.3 is 15.0 Å². The molecule has 0 aliphatic heterocycles. The zero-order valence-corrected chi connectivity index (χ0v) is 11.8. The predicted octanol–water partition coefficient (Wildman–Crippen LogP) is 0.826. The van der Waals surface area contributed by atoms with Crippen LogP contribution in [0.1, 0.15) is 26.6 Å². The van der Waals surface area contributed by atoms with Crippen LogP contribution in [0.25, 0.3) is 0 Å². The van der Waals surface area contributed by atoms with E-state index in [1.165, 1.54) is 0 Å². The number of hydrogen-bond donors (Lipinski definition) is 2. The number of carbonyl (C=O) groups is 2. The summed E-state index contributed by atoms with van der Waals surface area (Å²) in [7, 11) is 1.87. The molecule has 2 N–H and O–H groups in total. The van der Waals surface area contributed by atoms with E-state index in [9.17, 15) is 9.59 Å². The highest BCUT2D eigenvalue weighted by atomic mass is 16.4. The Bertz CT molecular complexity index is 460. The lowest BCUT2D eigenvalue weighted by atomic mass is 9.80. The third kappa shape index (κ3) is 4.08. The number of rotatable bonds is 5. The lowest BCUT2D eigenvalue weighted by molar-refractivity contribution is -0.151. The minimum Gasteiger partial charge on any atom is -0.481 e. The molecule has 1 atom stereocenters. The zero-order valence-electron chi connectivity index (χ0n) is 11.8. The van der Waals surface area contributed by atoms with Crippen molar-refractivity contribution in [3.8, 4) is 0 Å². The number of carboxylic acids is 1. The van der Waals surface area contributed by atoms with E-state index >= 15 is 0 Å². The Kier molecular flexibility index (Phi) is 4.69. The zero-order chi connectivity index (χ0) is 14.6. The molecule has 0 saturated heterocycles. The summed E-state index contributed by atoms with van der Waals surface area (Å²) >= 11 is 0. The smallest absolute Gasteiger partial charge is 0.316 e. The van der Waals surface area contributed by atoms with Crippen molar-refractivity contribution in [2.45, 2.75) is 27.2 Å². The molecule has 0 aliphatic rings. The van der Waals surface area contributed by atoms with E-state index in [2.05, 4.69) is 10.3 Å². The van der Waals surface area contributed by atoms with Gasteiger partial charge in [0.05, 0.1) is 0 Å². The average molecular weight is 267 g/mol. The maximum atomic E-state index is 11.9. The van der Waals surface area contributed by atoms with Gasteiger partial charge in [-0.25, -0.2) is 4.98 Å². The van der Waals surface area contributed by atoms with Gasteiger partial charge in [-0.15, -0.1) is 0 Å².